The molecule has 2 fully saturated rings. The third-order valence-electron chi connectivity index (χ3n) is 4.18. The zero-order valence-electron chi connectivity index (χ0n) is 13.9. The Kier molecular flexibility index (Phi) is 6.62. The van der Waals surface area contributed by atoms with Crippen molar-refractivity contribution in [1.29, 1.82) is 0 Å². The highest BCUT2D eigenvalue weighted by atomic mass is 16.2. The van der Waals surface area contributed by atoms with E-state index in [2.05, 4.69) is 15.2 Å². The summed E-state index contributed by atoms with van der Waals surface area (Å²) in [7, 11) is 0. The second-order valence-corrected chi connectivity index (χ2v) is 6.05. The summed E-state index contributed by atoms with van der Waals surface area (Å²) < 4.78 is 0. The first kappa shape index (κ1) is 18.6. The van der Waals surface area contributed by atoms with Crippen LogP contribution in [0.1, 0.15) is 42.6 Å². The lowest BCUT2D eigenvalue weighted by atomic mass is 9.98. The molecule has 3 N–H and O–H groups in total. The van der Waals surface area contributed by atoms with Gasteiger partial charge in [-0.25, -0.2) is 4.98 Å². The summed E-state index contributed by atoms with van der Waals surface area (Å²) in [6.45, 7) is 1.70. The number of aromatic nitrogens is 1. The fraction of sp³-hybridized carbons (Fsp3) is 0.471. The Morgan fingerprint density at radius 2 is 1.84 bits per heavy atom. The van der Waals surface area contributed by atoms with E-state index in [1.807, 2.05) is 6.07 Å². The number of rotatable bonds is 3. The van der Waals surface area contributed by atoms with Gasteiger partial charge in [-0.1, -0.05) is 0 Å². The maximum absolute atomic E-state index is 10.9. The molecule has 8 nitrogen and oxygen atoms in total. The third-order valence-corrected chi connectivity index (χ3v) is 4.18. The number of anilines is 1. The lowest BCUT2D eigenvalue weighted by Gasteiger charge is -2.31. The van der Waals surface area contributed by atoms with Crippen molar-refractivity contribution >= 4 is 29.7 Å². The molecule has 3 rings (SSSR count). The quantitative estimate of drug-likeness (QED) is 0.604. The van der Waals surface area contributed by atoms with Crippen molar-refractivity contribution in [2.24, 2.45) is 11.7 Å². The summed E-state index contributed by atoms with van der Waals surface area (Å²) in [5, 5.41) is 2.20. The van der Waals surface area contributed by atoms with Crippen molar-refractivity contribution in [2.75, 3.05) is 18.0 Å². The van der Waals surface area contributed by atoms with Crippen molar-refractivity contribution in [3.63, 3.8) is 0 Å². The minimum absolute atomic E-state index is 0.138. The van der Waals surface area contributed by atoms with Crippen LogP contribution in [0.5, 0.6) is 0 Å². The smallest absolute Gasteiger partial charge is 0.267 e. The van der Waals surface area contributed by atoms with Crippen LogP contribution in [0.2, 0.25) is 0 Å². The molecule has 134 valence electrons. The van der Waals surface area contributed by atoms with E-state index in [1.165, 1.54) is 0 Å². The molecular weight excluding hydrogens is 324 g/mol. The van der Waals surface area contributed by atoms with Crippen molar-refractivity contribution in [2.45, 2.75) is 32.1 Å². The van der Waals surface area contributed by atoms with Crippen molar-refractivity contribution < 1.29 is 19.2 Å². The molecule has 2 aliphatic heterocycles. The number of nitrogens with zero attached hydrogens (tertiary/aromatic N) is 2. The van der Waals surface area contributed by atoms with Crippen molar-refractivity contribution in [3.05, 3.63) is 24.0 Å². The molecular formula is C17H22N4O4. The van der Waals surface area contributed by atoms with Gasteiger partial charge in [0.25, 0.3) is 5.91 Å². The molecule has 0 atom stereocenters. The number of primary amides is 1. The molecule has 2 aliphatic rings. The fourth-order valence-corrected chi connectivity index (χ4v) is 2.70. The van der Waals surface area contributed by atoms with Gasteiger partial charge in [0.15, 0.2) is 0 Å². The Bertz CT molecular complexity index is 623. The molecule has 3 heterocycles. The number of amides is 3. The molecule has 0 saturated carbocycles. The maximum atomic E-state index is 10.9. The van der Waals surface area contributed by atoms with Gasteiger partial charge in [0.2, 0.25) is 11.8 Å². The number of imide groups is 1. The van der Waals surface area contributed by atoms with Crippen LogP contribution < -0.4 is 16.0 Å². The van der Waals surface area contributed by atoms with Gasteiger partial charge in [0.1, 0.15) is 12.0 Å². The Morgan fingerprint density at radius 1 is 1.20 bits per heavy atom. The number of aldehydes is 1. The van der Waals surface area contributed by atoms with E-state index in [9.17, 15) is 19.2 Å². The van der Waals surface area contributed by atoms with Gasteiger partial charge < -0.3 is 15.4 Å². The van der Waals surface area contributed by atoms with Crippen molar-refractivity contribution in [3.8, 4) is 0 Å². The lowest BCUT2D eigenvalue weighted by Crippen LogP contribution is -2.34. The number of carbonyl (C=O) groups is 4. The molecule has 0 aromatic carbocycles. The van der Waals surface area contributed by atoms with Gasteiger partial charge in [-0.05, 0) is 31.4 Å². The van der Waals surface area contributed by atoms with E-state index in [4.69, 9.17) is 5.73 Å². The zero-order valence-corrected chi connectivity index (χ0v) is 13.9. The van der Waals surface area contributed by atoms with Crippen LogP contribution in [0.3, 0.4) is 0 Å². The number of piperidine rings is 2. The van der Waals surface area contributed by atoms with E-state index in [0.717, 1.165) is 37.9 Å². The molecule has 0 unspecified atom stereocenters. The van der Waals surface area contributed by atoms with Crippen molar-refractivity contribution in [1.82, 2.24) is 10.3 Å². The van der Waals surface area contributed by atoms with Gasteiger partial charge in [-0.3, -0.25) is 19.7 Å². The SMILES string of the molecule is NC(=O)c1ccc(N2CCC(C=O)CC2)cn1.O=C1CCCC(=O)N1. The normalized spacial score (nSPS) is 18.0. The zero-order chi connectivity index (χ0) is 18.2. The molecule has 2 saturated heterocycles. The van der Waals surface area contributed by atoms with E-state index >= 15 is 0 Å². The first-order valence-electron chi connectivity index (χ1n) is 8.28. The first-order valence-corrected chi connectivity index (χ1v) is 8.28. The van der Waals surface area contributed by atoms with Gasteiger partial charge in [-0.15, -0.1) is 0 Å². The van der Waals surface area contributed by atoms with Crippen LogP contribution in [0.15, 0.2) is 18.3 Å². The number of carbonyl (C=O) groups excluding carboxylic acids is 4. The van der Waals surface area contributed by atoms with E-state index < -0.39 is 5.91 Å². The second-order valence-electron chi connectivity index (χ2n) is 6.05. The summed E-state index contributed by atoms with van der Waals surface area (Å²) in [6, 6.07) is 3.47. The van der Waals surface area contributed by atoms with Crippen LogP contribution in [-0.4, -0.2) is 42.1 Å². The van der Waals surface area contributed by atoms with Crippen LogP contribution in [0.4, 0.5) is 5.69 Å². The minimum Gasteiger partial charge on any atom is -0.370 e. The van der Waals surface area contributed by atoms with Gasteiger partial charge in [0, 0.05) is 31.8 Å². The maximum Gasteiger partial charge on any atom is 0.267 e. The van der Waals surface area contributed by atoms with Crippen LogP contribution in [-0.2, 0) is 14.4 Å². The number of hydrogen-bond acceptors (Lipinski definition) is 6. The Hall–Kier alpha value is -2.77. The minimum atomic E-state index is -0.517. The largest absolute Gasteiger partial charge is 0.370 e. The Balaban J connectivity index is 0.000000236. The summed E-state index contributed by atoms with van der Waals surface area (Å²) in [6.07, 6.45) is 6.16. The highest BCUT2D eigenvalue weighted by Gasteiger charge is 2.19. The van der Waals surface area contributed by atoms with Crippen LogP contribution >= 0.6 is 0 Å². The molecule has 25 heavy (non-hydrogen) atoms. The average Bonchev–Trinajstić information content (AvgIpc) is 2.62. The summed E-state index contributed by atoms with van der Waals surface area (Å²) in [5.74, 6) is -0.609. The standard InChI is InChI=1S/C12H15N3O2.C5H7NO2/c13-12(17)11-2-1-10(7-14-11)15-5-3-9(8-16)4-6-15;7-4-2-1-3-5(8)6-4/h1-2,7-9H,3-6H2,(H2,13,17);1-3H2,(H,6,7,8). The van der Waals surface area contributed by atoms with Crippen LogP contribution in [0, 0.1) is 5.92 Å². The number of hydrogen-bond donors (Lipinski definition) is 2. The first-order chi connectivity index (χ1) is 12.0. The Labute approximate surface area is 145 Å². The summed E-state index contributed by atoms with van der Waals surface area (Å²) >= 11 is 0. The van der Waals surface area contributed by atoms with E-state index in [1.54, 1.807) is 12.3 Å². The lowest BCUT2D eigenvalue weighted by molar-refractivity contribution is -0.133. The monoisotopic (exact) mass is 346 g/mol. The topological polar surface area (TPSA) is 122 Å². The second kappa shape index (κ2) is 8.91. The highest BCUT2D eigenvalue weighted by Crippen LogP contribution is 2.21. The van der Waals surface area contributed by atoms with E-state index in [0.29, 0.717) is 19.3 Å². The van der Waals surface area contributed by atoms with Gasteiger partial charge in [-0.2, -0.15) is 0 Å². The predicted octanol–water partition coefficient (Wildman–Crippen LogP) is 0.409. The molecule has 0 bridgehead atoms. The number of nitrogens with one attached hydrogen (secondary N) is 1. The number of pyridine rings is 1. The van der Waals surface area contributed by atoms with Gasteiger partial charge in [0.05, 0.1) is 11.9 Å². The number of nitrogens with two attached hydrogens (primary N) is 1. The third kappa shape index (κ3) is 5.66. The molecule has 8 heteroatoms. The highest BCUT2D eigenvalue weighted by molar-refractivity contribution is 5.97. The fourth-order valence-electron chi connectivity index (χ4n) is 2.70. The summed E-state index contributed by atoms with van der Waals surface area (Å²) in [5.41, 5.74) is 6.37. The molecule has 0 radical (unpaired) electrons. The van der Waals surface area contributed by atoms with Gasteiger partial charge >= 0.3 is 0 Å². The molecule has 1 aromatic heterocycles. The molecule has 0 spiro atoms. The molecule has 3 amide bonds. The van der Waals surface area contributed by atoms with Crippen LogP contribution in [0.25, 0.3) is 0 Å². The summed E-state index contributed by atoms with van der Waals surface area (Å²) in [4.78, 5) is 48.4. The Morgan fingerprint density at radius 3 is 2.24 bits per heavy atom. The predicted molar refractivity (Wildman–Crippen MR) is 90.8 cm³/mol. The van der Waals surface area contributed by atoms with E-state index in [-0.39, 0.29) is 23.4 Å². The average molecular weight is 346 g/mol. The molecule has 0 aliphatic carbocycles. The molecule has 1 aromatic rings.